The molecule has 0 bridgehead atoms. The fourth-order valence-electron chi connectivity index (χ4n) is 2.49. The highest BCUT2D eigenvalue weighted by molar-refractivity contribution is 8.00. The van der Waals surface area contributed by atoms with Crippen LogP contribution in [0.3, 0.4) is 0 Å². The van der Waals surface area contributed by atoms with Crippen LogP contribution in [-0.4, -0.2) is 10.8 Å². The highest BCUT2D eigenvalue weighted by Crippen LogP contribution is 2.35. The van der Waals surface area contributed by atoms with Crippen molar-refractivity contribution in [3.05, 3.63) is 29.8 Å². The minimum atomic E-state index is 0.183. The first-order valence-corrected chi connectivity index (χ1v) is 8.42. The lowest BCUT2D eigenvalue weighted by molar-refractivity contribution is 0.422. The van der Waals surface area contributed by atoms with Gasteiger partial charge in [-0.1, -0.05) is 37.5 Å². The van der Waals surface area contributed by atoms with Crippen LogP contribution in [0.25, 0.3) is 0 Å². The van der Waals surface area contributed by atoms with E-state index in [1.54, 1.807) is 0 Å². The van der Waals surface area contributed by atoms with Crippen molar-refractivity contribution in [3.8, 4) is 0 Å². The van der Waals surface area contributed by atoms with Crippen molar-refractivity contribution in [1.29, 1.82) is 0 Å². The van der Waals surface area contributed by atoms with Crippen molar-refractivity contribution in [1.82, 2.24) is 5.32 Å². The number of nitrogens with one attached hydrogen (secondary N) is 1. The number of thioether (sulfide) groups is 1. The summed E-state index contributed by atoms with van der Waals surface area (Å²) in [6.07, 6.45) is 7.06. The third-order valence-corrected chi connectivity index (χ3v) is 5.08. The SMILES string of the molecule is CC(C)(C)NCc1ccccc1SC1CCCCC1. The maximum absolute atomic E-state index is 3.60. The molecule has 1 fully saturated rings. The van der Waals surface area contributed by atoms with Gasteiger partial charge < -0.3 is 5.32 Å². The Morgan fingerprint density at radius 2 is 1.79 bits per heavy atom. The normalized spacial score (nSPS) is 17.6. The highest BCUT2D eigenvalue weighted by Gasteiger charge is 2.16. The Kier molecular flexibility index (Phi) is 5.35. The van der Waals surface area contributed by atoms with E-state index in [1.807, 2.05) is 0 Å². The molecule has 1 aromatic rings. The lowest BCUT2D eigenvalue weighted by Crippen LogP contribution is -2.35. The minimum absolute atomic E-state index is 0.183. The molecule has 19 heavy (non-hydrogen) atoms. The Bertz CT molecular complexity index is 388. The summed E-state index contributed by atoms with van der Waals surface area (Å²) in [7, 11) is 0. The molecule has 1 nitrogen and oxygen atoms in total. The van der Waals surface area contributed by atoms with E-state index in [2.05, 4.69) is 62.1 Å². The van der Waals surface area contributed by atoms with Gasteiger partial charge in [0.15, 0.2) is 0 Å². The first-order chi connectivity index (χ1) is 9.04. The lowest BCUT2D eigenvalue weighted by atomic mass is 10.0. The van der Waals surface area contributed by atoms with E-state index >= 15 is 0 Å². The topological polar surface area (TPSA) is 12.0 Å². The molecule has 1 aliphatic rings. The summed E-state index contributed by atoms with van der Waals surface area (Å²) in [5.41, 5.74) is 1.64. The van der Waals surface area contributed by atoms with Crippen molar-refractivity contribution in [2.75, 3.05) is 0 Å². The summed E-state index contributed by atoms with van der Waals surface area (Å²) in [6.45, 7) is 7.65. The summed E-state index contributed by atoms with van der Waals surface area (Å²) >= 11 is 2.10. The van der Waals surface area contributed by atoms with E-state index in [9.17, 15) is 0 Å². The maximum Gasteiger partial charge on any atom is 0.0221 e. The summed E-state index contributed by atoms with van der Waals surface area (Å²) in [5, 5.41) is 4.44. The predicted octanol–water partition coefficient (Wildman–Crippen LogP) is 5.00. The first-order valence-electron chi connectivity index (χ1n) is 7.54. The van der Waals surface area contributed by atoms with Crippen LogP contribution in [0.15, 0.2) is 29.2 Å². The van der Waals surface area contributed by atoms with E-state index in [0.717, 1.165) is 11.8 Å². The summed E-state index contributed by atoms with van der Waals surface area (Å²) in [5.74, 6) is 0. The third-order valence-electron chi connectivity index (χ3n) is 3.63. The predicted molar refractivity (Wildman–Crippen MR) is 85.8 cm³/mol. The summed E-state index contributed by atoms with van der Waals surface area (Å²) in [4.78, 5) is 1.48. The van der Waals surface area contributed by atoms with Crippen molar-refractivity contribution in [2.45, 2.75) is 75.1 Å². The fraction of sp³-hybridized carbons (Fsp3) is 0.647. The van der Waals surface area contributed by atoms with Crippen LogP contribution in [0.2, 0.25) is 0 Å². The zero-order valence-corrected chi connectivity index (χ0v) is 13.4. The van der Waals surface area contributed by atoms with Gasteiger partial charge in [0, 0.05) is 22.2 Å². The molecule has 2 heteroatoms. The van der Waals surface area contributed by atoms with Gasteiger partial charge in [-0.15, -0.1) is 11.8 Å². The molecule has 1 N–H and O–H groups in total. The van der Waals surface area contributed by atoms with E-state index in [0.29, 0.717) is 0 Å². The quantitative estimate of drug-likeness (QED) is 0.831. The highest BCUT2D eigenvalue weighted by atomic mass is 32.2. The smallest absolute Gasteiger partial charge is 0.0221 e. The Morgan fingerprint density at radius 3 is 2.47 bits per heavy atom. The number of hydrogen-bond donors (Lipinski definition) is 1. The zero-order chi connectivity index (χ0) is 13.7. The van der Waals surface area contributed by atoms with Crippen molar-refractivity contribution >= 4 is 11.8 Å². The average molecular weight is 277 g/mol. The van der Waals surface area contributed by atoms with Gasteiger partial charge in [0.2, 0.25) is 0 Å². The largest absolute Gasteiger partial charge is 0.308 e. The molecular formula is C17H27NS. The minimum Gasteiger partial charge on any atom is -0.308 e. The number of benzene rings is 1. The molecule has 0 radical (unpaired) electrons. The van der Waals surface area contributed by atoms with Crippen LogP contribution in [0.1, 0.15) is 58.4 Å². The van der Waals surface area contributed by atoms with Crippen molar-refractivity contribution in [2.24, 2.45) is 0 Å². The maximum atomic E-state index is 3.60. The Labute approximate surface area is 122 Å². The van der Waals surface area contributed by atoms with Gasteiger partial charge in [-0.2, -0.15) is 0 Å². The Hall–Kier alpha value is -0.470. The van der Waals surface area contributed by atoms with Gasteiger partial charge in [-0.25, -0.2) is 0 Å². The van der Waals surface area contributed by atoms with Crippen LogP contribution in [-0.2, 0) is 6.54 Å². The lowest BCUT2D eigenvalue weighted by Gasteiger charge is -2.24. The molecule has 0 spiro atoms. The summed E-state index contributed by atoms with van der Waals surface area (Å²) < 4.78 is 0. The molecular weight excluding hydrogens is 250 g/mol. The molecule has 0 aromatic heterocycles. The van der Waals surface area contributed by atoms with Crippen LogP contribution in [0, 0.1) is 0 Å². The monoisotopic (exact) mass is 277 g/mol. The van der Waals surface area contributed by atoms with E-state index in [1.165, 1.54) is 42.6 Å². The second kappa shape index (κ2) is 6.81. The van der Waals surface area contributed by atoms with Crippen LogP contribution >= 0.6 is 11.8 Å². The Morgan fingerprint density at radius 1 is 1.11 bits per heavy atom. The molecule has 0 aliphatic heterocycles. The third kappa shape index (κ3) is 5.19. The molecule has 2 rings (SSSR count). The molecule has 1 saturated carbocycles. The average Bonchev–Trinajstić information content (AvgIpc) is 2.38. The molecule has 0 unspecified atom stereocenters. The van der Waals surface area contributed by atoms with Gasteiger partial charge in [0.05, 0.1) is 0 Å². The first kappa shape index (κ1) is 14.9. The van der Waals surface area contributed by atoms with Gasteiger partial charge >= 0.3 is 0 Å². The molecule has 106 valence electrons. The van der Waals surface area contributed by atoms with Crippen LogP contribution in [0.5, 0.6) is 0 Å². The van der Waals surface area contributed by atoms with Gasteiger partial charge in [0.25, 0.3) is 0 Å². The standard InChI is InChI=1S/C17H27NS/c1-17(2,3)18-13-14-9-7-8-12-16(14)19-15-10-5-4-6-11-15/h7-9,12,15,18H,4-6,10-11,13H2,1-3H3. The van der Waals surface area contributed by atoms with E-state index < -0.39 is 0 Å². The molecule has 0 heterocycles. The van der Waals surface area contributed by atoms with E-state index in [4.69, 9.17) is 0 Å². The van der Waals surface area contributed by atoms with E-state index in [-0.39, 0.29) is 5.54 Å². The van der Waals surface area contributed by atoms with Crippen LogP contribution < -0.4 is 5.32 Å². The fourth-order valence-corrected chi connectivity index (χ4v) is 3.86. The second-order valence-electron chi connectivity index (χ2n) is 6.59. The number of rotatable bonds is 4. The van der Waals surface area contributed by atoms with Crippen molar-refractivity contribution < 1.29 is 0 Å². The zero-order valence-electron chi connectivity index (χ0n) is 12.5. The molecule has 0 atom stereocenters. The summed E-state index contributed by atoms with van der Waals surface area (Å²) in [6, 6.07) is 8.89. The van der Waals surface area contributed by atoms with Gasteiger partial charge in [-0.05, 0) is 45.2 Å². The second-order valence-corrected chi connectivity index (χ2v) is 7.93. The number of hydrogen-bond acceptors (Lipinski definition) is 2. The molecule has 0 saturated heterocycles. The van der Waals surface area contributed by atoms with Gasteiger partial charge in [-0.3, -0.25) is 0 Å². The molecule has 0 amide bonds. The van der Waals surface area contributed by atoms with Crippen LogP contribution in [0.4, 0.5) is 0 Å². The van der Waals surface area contributed by atoms with Crippen molar-refractivity contribution in [3.63, 3.8) is 0 Å². The Balaban J connectivity index is 1.99. The van der Waals surface area contributed by atoms with Gasteiger partial charge in [0.1, 0.15) is 0 Å². The molecule has 1 aromatic carbocycles. The molecule has 1 aliphatic carbocycles.